The van der Waals surface area contributed by atoms with Crippen LogP contribution < -0.4 is 11.1 Å². The van der Waals surface area contributed by atoms with Crippen molar-refractivity contribution >= 4 is 22.9 Å². The molecule has 0 aromatic heterocycles. The number of carboxylic acids is 1. The molecule has 0 unspecified atom stereocenters. The molecule has 16 heavy (non-hydrogen) atoms. The van der Waals surface area contributed by atoms with Crippen LogP contribution in [0.5, 0.6) is 0 Å². The molecule has 94 valence electrons. The minimum atomic E-state index is -0.948. The van der Waals surface area contributed by atoms with Crippen LogP contribution >= 0.6 is 11.8 Å². The van der Waals surface area contributed by atoms with E-state index in [9.17, 15) is 4.79 Å². The molecule has 0 amide bonds. The molecule has 0 aromatic carbocycles. The number of rotatable bonds is 7. The molecule has 0 saturated carbocycles. The Hall–Kier alpha value is -0.750. The maximum Gasteiger partial charge on any atom is 0.320 e. The van der Waals surface area contributed by atoms with Crippen molar-refractivity contribution in [2.45, 2.75) is 44.4 Å². The first-order valence-corrected chi connectivity index (χ1v) is 6.29. The number of hydrogen-bond acceptors (Lipinski definition) is 4. The van der Waals surface area contributed by atoms with Gasteiger partial charge >= 0.3 is 5.97 Å². The summed E-state index contributed by atoms with van der Waals surface area (Å²) in [7, 11) is 0. The Kier molecular flexibility index (Phi) is 8.01. The maximum atomic E-state index is 10.4. The summed E-state index contributed by atoms with van der Waals surface area (Å²) in [4.78, 5) is 10.4. The van der Waals surface area contributed by atoms with E-state index in [-0.39, 0.29) is 0 Å². The highest BCUT2D eigenvalue weighted by Crippen LogP contribution is 2.08. The van der Waals surface area contributed by atoms with Crippen LogP contribution in [-0.4, -0.2) is 34.1 Å². The van der Waals surface area contributed by atoms with Crippen LogP contribution in [0.15, 0.2) is 0 Å². The lowest BCUT2D eigenvalue weighted by molar-refractivity contribution is -0.138. The molecule has 0 aliphatic rings. The predicted octanol–water partition coefficient (Wildman–Crippen LogP) is 1.23. The van der Waals surface area contributed by atoms with Crippen molar-refractivity contribution in [3.8, 4) is 0 Å². The molecule has 0 aliphatic carbocycles. The summed E-state index contributed by atoms with van der Waals surface area (Å²) < 4.78 is 0. The van der Waals surface area contributed by atoms with Crippen molar-refractivity contribution in [3.05, 3.63) is 0 Å². The monoisotopic (exact) mass is 247 g/mol. The van der Waals surface area contributed by atoms with Gasteiger partial charge in [0.05, 0.1) is 0 Å². The molecule has 0 spiro atoms. The van der Waals surface area contributed by atoms with E-state index in [1.165, 1.54) is 11.8 Å². The van der Waals surface area contributed by atoms with Crippen LogP contribution in [0, 0.1) is 5.41 Å². The minimum Gasteiger partial charge on any atom is -0.480 e. The third kappa shape index (κ3) is 8.55. The number of aliphatic carboxylic acids is 1. The molecule has 0 radical (unpaired) electrons. The van der Waals surface area contributed by atoms with E-state index in [2.05, 4.69) is 5.32 Å². The van der Waals surface area contributed by atoms with Gasteiger partial charge in [-0.3, -0.25) is 10.2 Å². The van der Waals surface area contributed by atoms with Gasteiger partial charge in [-0.1, -0.05) is 25.6 Å². The van der Waals surface area contributed by atoms with Gasteiger partial charge in [-0.15, -0.1) is 0 Å². The summed E-state index contributed by atoms with van der Waals surface area (Å²) in [5, 5.41) is 19.9. The first kappa shape index (κ1) is 15.2. The van der Waals surface area contributed by atoms with E-state index in [1.54, 1.807) is 0 Å². The number of hydrogen-bond donors (Lipinski definition) is 4. The molecular weight excluding hydrogens is 226 g/mol. The number of carbonyl (C=O) groups is 1. The fourth-order valence-corrected chi connectivity index (χ4v) is 1.75. The van der Waals surface area contributed by atoms with Gasteiger partial charge in [0.25, 0.3) is 0 Å². The van der Waals surface area contributed by atoms with Crippen molar-refractivity contribution in [2.24, 2.45) is 5.73 Å². The summed E-state index contributed by atoms with van der Waals surface area (Å²) in [5.74, 6) is -0.948. The smallest absolute Gasteiger partial charge is 0.320 e. The predicted molar refractivity (Wildman–Crippen MR) is 67.9 cm³/mol. The number of amidine groups is 1. The second-order valence-corrected chi connectivity index (χ2v) is 5.45. The second kappa shape index (κ2) is 8.41. The Morgan fingerprint density at radius 1 is 1.50 bits per heavy atom. The summed E-state index contributed by atoms with van der Waals surface area (Å²) in [6.45, 7) is 4.77. The number of carboxylic acid groups (broad SMARTS) is 1. The molecule has 1 atom stereocenters. The number of nitrogens with two attached hydrogens (primary N) is 1. The molecular formula is C10H21N3O2S. The molecule has 6 heteroatoms. The van der Waals surface area contributed by atoms with Gasteiger partial charge in [-0.25, -0.2) is 0 Å². The Morgan fingerprint density at radius 3 is 2.62 bits per heavy atom. The van der Waals surface area contributed by atoms with E-state index in [1.807, 2.05) is 13.8 Å². The average molecular weight is 247 g/mol. The summed E-state index contributed by atoms with van der Waals surface area (Å²) in [6.07, 6.45) is 2.09. The lowest BCUT2D eigenvalue weighted by Gasteiger charge is -2.09. The van der Waals surface area contributed by atoms with Gasteiger partial charge in [0.15, 0.2) is 5.17 Å². The van der Waals surface area contributed by atoms with E-state index in [0.29, 0.717) is 23.4 Å². The largest absolute Gasteiger partial charge is 0.480 e. The van der Waals surface area contributed by atoms with Crippen LogP contribution in [0.4, 0.5) is 0 Å². The fraction of sp³-hybridized carbons (Fsp3) is 0.800. The zero-order valence-electron chi connectivity index (χ0n) is 9.82. The van der Waals surface area contributed by atoms with Crippen molar-refractivity contribution in [2.75, 3.05) is 6.54 Å². The Balaban J connectivity index is 3.40. The molecule has 0 bridgehead atoms. The van der Waals surface area contributed by atoms with E-state index >= 15 is 0 Å². The molecule has 5 N–H and O–H groups in total. The van der Waals surface area contributed by atoms with Crippen molar-refractivity contribution in [1.82, 2.24) is 5.32 Å². The Morgan fingerprint density at radius 2 is 2.12 bits per heavy atom. The first-order valence-electron chi connectivity index (χ1n) is 5.41. The normalized spacial score (nSPS) is 12.5. The van der Waals surface area contributed by atoms with Gasteiger partial charge in [0.1, 0.15) is 6.04 Å². The number of unbranched alkanes of at least 4 members (excludes halogenated alkanes) is 1. The van der Waals surface area contributed by atoms with Crippen molar-refractivity contribution in [1.29, 1.82) is 5.41 Å². The highest BCUT2D eigenvalue weighted by atomic mass is 32.2. The Labute approximate surface area is 101 Å². The molecule has 0 saturated heterocycles. The summed E-state index contributed by atoms with van der Waals surface area (Å²) >= 11 is 1.48. The molecule has 0 aliphatic heterocycles. The highest BCUT2D eigenvalue weighted by Gasteiger charge is 2.09. The van der Waals surface area contributed by atoms with Gasteiger partial charge in [0, 0.05) is 11.8 Å². The first-order chi connectivity index (χ1) is 7.43. The SMILES string of the molecule is CC(C)SC(=N)NCCCC[C@H](N)C(=O)O. The van der Waals surface area contributed by atoms with E-state index in [0.717, 1.165) is 12.8 Å². The standard InChI is InChI=1S/C10H21N3O2S/c1-7(2)16-10(12)13-6-4-3-5-8(11)9(14)15/h7-8H,3-6,11H2,1-2H3,(H2,12,13)(H,14,15)/t8-/m0/s1. The number of thioether (sulfide) groups is 1. The van der Waals surface area contributed by atoms with E-state index < -0.39 is 12.0 Å². The van der Waals surface area contributed by atoms with Crippen molar-refractivity contribution in [3.63, 3.8) is 0 Å². The van der Waals surface area contributed by atoms with Gasteiger partial charge in [-0.05, 0) is 19.3 Å². The second-order valence-electron chi connectivity index (χ2n) is 3.86. The molecule has 0 aromatic rings. The van der Waals surface area contributed by atoms with Crippen LogP contribution in [0.1, 0.15) is 33.1 Å². The van der Waals surface area contributed by atoms with Gasteiger partial charge in [-0.2, -0.15) is 0 Å². The Bertz CT molecular complexity index is 234. The number of nitrogens with one attached hydrogen (secondary N) is 2. The third-order valence-electron chi connectivity index (χ3n) is 1.90. The lowest BCUT2D eigenvalue weighted by Crippen LogP contribution is -2.30. The maximum absolute atomic E-state index is 10.4. The van der Waals surface area contributed by atoms with E-state index in [4.69, 9.17) is 16.2 Å². The molecule has 5 nitrogen and oxygen atoms in total. The minimum absolute atomic E-state index is 0.403. The van der Waals surface area contributed by atoms with Crippen LogP contribution in [-0.2, 0) is 4.79 Å². The topological polar surface area (TPSA) is 99.2 Å². The average Bonchev–Trinajstić information content (AvgIpc) is 2.15. The zero-order valence-corrected chi connectivity index (χ0v) is 10.6. The van der Waals surface area contributed by atoms with Crippen LogP contribution in [0.2, 0.25) is 0 Å². The fourth-order valence-electron chi connectivity index (χ4n) is 1.09. The lowest BCUT2D eigenvalue weighted by atomic mass is 10.1. The molecule has 0 heterocycles. The molecule has 0 rings (SSSR count). The quantitative estimate of drug-likeness (QED) is 0.308. The summed E-state index contributed by atoms with van der Waals surface area (Å²) in [5.41, 5.74) is 5.36. The molecule has 0 fully saturated rings. The van der Waals surface area contributed by atoms with Crippen LogP contribution in [0.3, 0.4) is 0 Å². The van der Waals surface area contributed by atoms with Crippen molar-refractivity contribution < 1.29 is 9.90 Å². The van der Waals surface area contributed by atoms with Crippen LogP contribution in [0.25, 0.3) is 0 Å². The third-order valence-corrected chi connectivity index (χ3v) is 2.75. The zero-order chi connectivity index (χ0) is 12.6. The van der Waals surface area contributed by atoms with Gasteiger partial charge < -0.3 is 16.2 Å². The van der Waals surface area contributed by atoms with Gasteiger partial charge in [0.2, 0.25) is 0 Å². The summed E-state index contributed by atoms with van der Waals surface area (Å²) in [6, 6.07) is -0.760. The highest BCUT2D eigenvalue weighted by molar-refractivity contribution is 8.14.